The van der Waals surface area contributed by atoms with E-state index in [9.17, 15) is 4.79 Å². The standard InChI is InChI=1S/C10H9N3O2/c1-7-5-9(10(14)15)13(12-7)8-3-2-4-11-6-8/h2-6H,1H3,(H,14,15). The van der Waals surface area contributed by atoms with Gasteiger partial charge in [0.05, 0.1) is 17.6 Å². The Bertz CT molecular complexity index is 491. The van der Waals surface area contributed by atoms with Gasteiger partial charge in [-0.1, -0.05) is 0 Å². The number of carboxylic acid groups (broad SMARTS) is 1. The van der Waals surface area contributed by atoms with Gasteiger partial charge in [0.15, 0.2) is 5.69 Å². The van der Waals surface area contributed by atoms with Crippen LogP contribution >= 0.6 is 0 Å². The minimum absolute atomic E-state index is 0.139. The Morgan fingerprint density at radius 2 is 2.33 bits per heavy atom. The van der Waals surface area contributed by atoms with Gasteiger partial charge in [-0.2, -0.15) is 5.10 Å². The van der Waals surface area contributed by atoms with Crippen molar-refractivity contribution in [2.24, 2.45) is 0 Å². The molecule has 2 aromatic rings. The average molecular weight is 203 g/mol. The Hall–Kier alpha value is -2.17. The monoisotopic (exact) mass is 203 g/mol. The molecular formula is C10H9N3O2. The Morgan fingerprint density at radius 3 is 2.93 bits per heavy atom. The molecule has 76 valence electrons. The highest BCUT2D eigenvalue weighted by Crippen LogP contribution is 2.10. The lowest BCUT2D eigenvalue weighted by Gasteiger charge is -2.02. The molecule has 2 rings (SSSR count). The number of pyridine rings is 1. The van der Waals surface area contributed by atoms with E-state index in [4.69, 9.17) is 5.11 Å². The Labute approximate surface area is 86.0 Å². The van der Waals surface area contributed by atoms with E-state index in [1.807, 2.05) is 0 Å². The summed E-state index contributed by atoms with van der Waals surface area (Å²) in [6.45, 7) is 1.75. The molecule has 1 N–H and O–H groups in total. The molecule has 2 heterocycles. The predicted octanol–water partition coefficient (Wildman–Crippen LogP) is 1.27. The third-order valence-corrected chi connectivity index (χ3v) is 1.94. The lowest BCUT2D eigenvalue weighted by atomic mass is 10.3. The van der Waals surface area contributed by atoms with Crippen LogP contribution < -0.4 is 0 Å². The summed E-state index contributed by atoms with van der Waals surface area (Å²) in [6, 6.07) is 5.01. The van der Waals surface area contributed by atoms with Crippen molar-refractivity contribution in [3.05, 3.63) is 42.0 Å². The third-order valence-electron chi connectivity index (χ3n) is 1.94. The van der Waals surface area contributed by atoms with Crippen molar-refractivity contribution in [3.63, 3.8) is 0 Å². The Balaban J connectivity index is 2.58. The number of hydrogen-bond donors (Lipinski definition) is 1. The first-order chi connectivity index (χ1) is 7.18. The summed E-state index contributed by atoms with van der Waals surface area (Å²) < 4.78 is 1.37. The lowest BCUT2D eigenvalue weighted by molar-refractivity contribution is 0.0687. The van der Waals surface area contributed by atoms with E-state index in [1.165, 1.54) is 10.7 Å². The maximum absolute atomic E-state index is 10.9. The summed E-state index contributed by atoms with van der Waals surface area (Å²) in [7, 11) is 0. The van der Waals surface area contributed by atoms with Crippen molar-refractivity contribution >= 4 is 5.97 Å². The summed E-state index contributed by atoms with van der Waals surface area (Å²) >= 11 is 0. The van der Waals surface area contributed by atoms with E-state index >= 15 is 0 Å². The summed E-state index contributed by atoms with van der Waals surface area (Å²) in [5.41, 5.74) is 1.44. The molecule has 5 nitrogen and oxygen atoms in total. The molecule has 0 atom stereocenters. The molecule has 0 spiro atoms. The molecule has 0 amide bonds. The second-order valence-electron chi connectivity index (χ2n) is 3.10. The van der Waals surface area contributed by atoms with Crippen LogP contribution in [0.4, 0.5) is 0 Å². The van der Waals surface area contributed by atoms with Crippen LogP contribution in [0.15, 0.2) is 30.6 Å². The number of hydrogen-bond acceptors (Lipinski definition) is 3. The molecular weight excluding hydrogens is 194 g/mol. The van der Waals surface area contributed by atoms with Crippen LogP contribution in [0.5, 0.6) is 0 Å². The van der Waals surface area contributed by atoms with Crippen LogP contribution in [0.1, 0.15) is 16.2 Å². The number of carbonyl (C=O) groups is 1. The number of nitrogens with zero attached hydrogens (tertiary/aromatic N) is 3. The van der Waals surface area contributed by atoms with E-state index in [2.05, 4.69) is 10.1 Å². The minimum Gasteiger partial charge on any atom is -0.477 e. The molecule has 0 fully saturated rings. The maximum Gasteiger partial charge on any atom is 0.354 e. The molecule has 0 radical (unpaired) electrons. The SMILES string of the molecule is Cc1cc(C(=O)O)n(-c2cccnc2)n1. The third kappa shape index (κ3) is 1.71. The minimum atomic E-state index is -1.00. The number of aryl methyl sites for hydroxylation is 1. The highest BCUT2D eigenvalue weighted by atomic mass is 16.4. The van der Waals surface area contributed by atoms with Crippen molar-refractivity contribution in [1.29, 1.82) is 0 Å². The van der Waals surface area contributed by atoms with Gasteiger partial charge in [-0.3, -0.25) is 4.98 Å². The number of aromatic carboxylic acids is 1. The van der Waals surface area contributed by atoms with E-state index in [0.29, 0.717) is 11.4 Å². The van der Waals surface area contributed by atoms with Gasteiger partial charge in [0.25, 0.3) is 0 Å². The highest BCUT2D eigenvalue weighted by molar-refractivity contribution is 5.86. The Morgan fingerprint density at radius 1 is 1.53 bits per heavy atom. The number of rotatable bonds is 2. The van der Waals surface area contributed by atoms with E-state index in [0.717, 1.165) is 0 Å². The van der Waals surface area contributed by atoms with Gasteiger partial charge in [0.1, 0.15) is 0 Å². The molecule has 5 heteroatoms. The largest absolute Gasteiger partial charge is 0.477 e. The zero-order valence-electron chi connectivity index (χ0n) is 8.08. The molecule has 0 aliphatic heterocycles. The van der Waals surface area contributed by atoms with Gasteiger partial charge < -0.3 is 5.11 Å². The van der Waals surface area contributed by atoms with Crippen molar-refractivity contribution in [1.82, 2.24) is 14.8 Å². The van der Waals surface area contributed by atoms with Crippen LogP contribution in [0, 0.1) is 6.92 Å². The topological polar surface area (TPSA) is 68.0 Å². The molecule has 0 aliphatic carbocycles. The lowest BCUT2D eigenvalue weighted by Crippen LogP contribution is -2.07. The van der Waals surface area contributed by atoms with Crippen LogP contribution in [0.25, 0.3) is 5.69 Å². The van der Waals surface area contributed by atoms with Crippen LogP contribution in [0.3, 0.4) is 0 Å². The molecule has 0 aromatic carbocycles. The smallest absolute Gasteiger partial charge is 0.354 e. The van der Waals surface area contributed by atoms with Gasteiger partial charge in [0.2, 0.25) is 0 Å². The first kappa shape index (κ1) is 9.39. The van der Waals surface area contributed by atoms with E-state index in [-0.39, 0.29) is 5.69 Å². The van der Waals surface area contributed by atoms with Crippen LogP contribution in [0.2, 0.25) is 0 Å². The average Bonchev–Trinajstić information content (AvgIpc) is 2.62. The molecule has 0 saturated carbocycles. The predicted molar refractivity (Wildman–Crippen MR) is 53.1 cm³/mol. The van der Waals surface area contributed by atoms with Crippen LogP contribution in [-0.4, -0.2) is 25.8 Å². The normalized spacial score (nSPS) is 10.2. The molecule has 2 aromatic heterocycles. The van der Waals surface area contributed by atoms with Crippen molar-refractivity contribution in [2.45, 2.75) is 6.92 Å². The molecule has 0 bridgehead atoms. The van der Waals surface area contributed by atoms with Crippen molar-refractivity contribution < 1.29 is 9.90 Å². The summed E-state index contributed by atoms with van der Waals surface area (Å²) in [5.74, 6) is -1.00. The van der Waals surface area contributed by atoms with E-state index in [1.54, 1.807) is 31.5 Å². The van der Waals surface area contributed by atoms with Gasteiger partial charge >= 0.3 is 5.97 Å². The number of carboxylic acids is 1. The molecule has 0 aliphatic rings. The quantitative estimate of drug-likeness (QED) is 0.798. The zero-order valence-corrected chi connectivity index (χ0v) is 8.08. The fourth-order valence-corrected chi connectivity index (χ4v) is 1.33. The zero-order chi connectivity index (χ0) is 10.8. The molecule has 0 saturated heterocycles. The first-order valence-corrected chi connectivity index (χ1v) is 4.39. The number of aromatic nitrogens is 3. The van der Waals surface area contributed by atoms with Gasteiger partial charge in [-0.05, 0) is 25.1 Å². The highest BCUT2D eigenvalue weighted by Gasteiger charge is 2.13. The van der Waals surface area contributed by atoms with Gasteiger partial charge in [0, 0.05) is 6.20 Å². The second kappa shape index (κ2) is 3.53. The van der Waals surface area contributed by atoms with Gasteiger partial charge in [-0.25, -0.2) is 9.48 Å². The fraction of sp³-hybridized carbons (Fsp3) is 0.100. The summed E-state index contributed by atoms with van der Waals surface area (Å²) in [5, 5.41) is 13.1. The fourth-order valence-electron chi connectivity index (χ4n) is 1.33. The van der Waals surface area contributed by atoms with Gasteiger partial charge in [-0.15, -0.1) is 0 Å². The Kier molecular flexibility index (Phi) is 2.21. The first-order valence-electron chi connectivity index (χ1n) is 4.39. The van der Waals surface area contributed by atoms with Crippen molar-refractivity contribution in [3.8, 4) is 5.69 Å². The van der Waals surface area contributed by atoms with Crippen molar-refractivity contribution in [2.75, 3.05) is 0 Å². The summed E-state index contributed by atoms with van der Waals surface area (Å²) in [4.78, 5) is 14.8. The summed E-state index contributed by atoms with van der Waals surface area (Å²) in [6.07, 6.45) is 3.19. The molecule has 15 heavy (non-hydrogen) atoms. The second-order valence-corrected chi connectivity index (χ2v) is 3.10. The van der Waals surface area contributed by atoms with Crippen LogP contribution in [-0.2, 0) is 0 Å². The van der Waals surface area contributed by atoms with E-state index < -0.39 is 5.97 Å². The molecule has 0 unspecified atom stereocenters. The maximum atomic E-state index is 10.9.